The maximum absolute atomic E-state index is 11.9. The maximum Gasteiger partial charge on any atom is 0.227 e. The molecule has 4 heterocycles. The third kappa shape index (κ3) is 3.94. The Bertz CT molecular complexity index is 574. The van der Waals surface area contributed by atoms with Crippen molar-refractivity contribution in [2.24, 2.45) is 5.92 Å². The van der Waals surface area contributed by atoms with Crippen molar-refractivity contribution in [2.45, 2.75) is 25.4 Å². The molecule has 1 aromatic rings. The Balaban J connectivity index is 1.65. The molecule has 3 aliphatic heterocycles. The van der Waals surface area contributed by atoms with E-state index in [9.17, 15) is 4.79 Å². The quantitative estimate of drug-likeness (QED) is 0.784. The third-order valence-electron chi connectivity index (χ3n) is 4.94. The van der Waals surface area contributed by atoms with E-state index in [0.29, 0.717) is 24.3 Å². The van der Waals surface area contributed by atoms with E-state index in [1.54, 1.807) is 13.2 Å². The van der Waals surface area contributed by atoms with E-state index in [1.807, 2.05) is 0 Å². The molecule has 0 amide bonds. The molecule has 4 rings (SSSR count). The van der Waals surface area contributed by atoms with Crippen LogP contribution in [0, 0.1) is 5.92 Å². The van der Waals surface area contributed by atoms with E-state index in [2.05, 4.69) is 9.80 Å². The van der Waals surface area contributed by atoms with Crippen LogP contribution in [0.1, 0.15) is 18.6 Å². The van der Waals surface area contributed by atoms with Gasteiger partial charge in [-0.05, 0) is 18.8 Å². The summed E-state index contributed by atoms with van der Waals surface area (Å²) in [6, 6.07) is 2.13. The lowest BCUT2D eigenvalue weighted by atomic mass is 9.95. The number of rotatable bonds is 6. The van der Waals surface area contributed by atoms with E-state index in [4.69, 9.17) is 13.9 Å². The fourth-order valence-electron chi connectivity index (χ4n) is 3.78. The standard InChI is InChI=1S/C17H26N2O4/c1-21-6-5-19-9-13-3-4-14(19)10-18(8-13)11-15-7-16(20)17(22-2)12-23-15/h7,12-14H,3-6,8-11H2,1-2H3/t13-,14+/m1/s1. The van der Waals surface area contributed by atoms with Crippen molar-refractivity contribution in [3.63, 3.8) is 0 Å². The summed E-state index contributed by atoms with van der Waals surface area (Å²) in [6.07, 6.45) is 3.95. The summed E-state index contributed by atoms with van der Waals surface area (Å²) in [5, 5.41) is 0. The average molecular weight is 322 g/mol. The SMILES string of the molecule is COCCN1C[C@@H]2CC[C@H]1CN(Cc1cc(=O)c(OC)co1)C2. The lowest BCUT2D eigenvalue weighted by Crippen LogP contribution is -2.45. The molecule has 0 aliphatic carbocycles. The van der Waals surface area contributed by atoms with Gasteiger partial charge in [-0.1, -0.05) is 0 Å². The van der Waals surface area contributed by atoms with Crippen molar-refractivity contribution in [3.05, 3.63) is 28.3 Å². The summed E-state index contributed by atoms with van der Waals surface area (Å²) >= 11 is 0. The van der Waals surface area contributed by atoms with Crippen molar-refractivity contribution in [1.82, 2.24) is 9.80 Å². The number of hydrogen-bond donors (Lipinski definition) is 0. The van der Waals surface area contributed by atoms with Crippen molar-refractivity contribution >= 4 is 0 Å². The fourth-order valence-corrected chi connectivity index (χ4v) is 3.78. The maximum atomic E-state index is 11.9. The van der Waals surface area contributed by atoms with Crippen LogP contribution >= 0.6 is 0 Å². The van der Waals surface area contributed by atoms with Crippen LogP contribution in [0.5, 0.6) is 5.75 Å². The molecule has 0 N–H and O–H groups in total. The molecule has 0 aromatic carbocycles. The molecule has 0 spiro atoms. The van der Waals surface area contributed by atoms with Gasteiger partial charge in [-0.2, -0.15) is 0 Å². The molecular weight excluding hydrogens is 296 g/mol. The summed E-state index contributed by atoms with van der Waals surface area (Å²) in [5.41, 5.74) is -0.117. The van der Waals surface area contributed by atoms with E-state index < -0.39 is 0 Å². The molecule has 23 heavy (non-hydrogen) atoms. The van der Waals surface area contributed by atoms with Gasteiger partial charge in [0, 0.05) is 45.4 Å². The first-order chi connectivity index (χ1) is 11.2. The second-order valence-electron chi connectivity index (χ2n) is 6.56. The summed E-state index contributed by atoms with van der Waals surface area (Å²) in [6.45, 7) is 5.72. The molecule has 0 radical (unpaired) electrons. The number of piperidine rings is 1. The molecule has 0 saturated carbocycles. The Morgan fingerprint density at radius 2 is 2.13 bits per heavy atom. The van der Waals surface area contributed by atoms with Gasteiger partial charge < -0.3 is 13.9 Å². The molecular formula is C17H26N2O4. The van der Waals surface area contributed by atoms with Gasteiger partial charge in [0.1, 0.15) is 12.0 Å². The molecule has 3 aliphatic rings. The molecule has 2 bridgehead atoms. The molecule has 3 fully saturated rings. The number of methoxy groups -OCH3 is 2. The lowest BCUT2D eigenvalue weighted by molar-refractivity contribution is 0.0865. The second kappa shape index (κ2) is 7.47. The van der Waals surface area contributed by atoms with Gasteiger partial charge in [0.2, 0.25) is 11.2 Å². The summed E-state index contributed by atoms with van der Waals surface area (Å²) < 4.78 is 15.8. The predicted molar refractivity (Wildman–Crippen MR) is 86.8 cm³/mol. The van der Waals surface area contributed by atoms with Crippen molar-refractivity contribution in [3.8, 4) is 5.75 Å². The number of ether oxygens (including phenoxy) is 2. The zero-order valence-electron chi connectivity index (χ0n) is 14.0. The molecule has 128 valence electrons. The highest BCUT2D eigenvalue weighted by Gasteiger charge is 2.34. The van der Waals surface area contributed by atoms with Crippen molar-refractivity contribution in [2.75, 3.05) is 47.0 Å². The van der Waals surface area contributed by atoms with Gasteiger partial charge in [-0.3, -0.25) is 14.6 Å². The molecule has 6 nitrogen and oxygen atoms in total. The first kappa shape index (κ1) is 16.5. The zero-order chi connectivity index (χ0) is 16.2. The van der Waals surface area contributed by atoms with Gasteiger partial charge >= 0.3 is 0 Å². The summed E-state index contributed by atoms with van der Waals surface area (Å²) in [4.78, 5) is 16.8. The van der Waals surface area contributed by atoms with Crippen molar-refractivity contribution < 1.29 is 13.9 Å². The monoisotopic (exact) mass is 322 g/mol. The number of hydrogen-bond acceptors (Lipinski definition) is 6. The molecule has 1 aromatic heterocycles. The molecule has 3 saturated heterocycles. The van der Waals surface area contributed by atoms with Gasteiger partial charge in [-0.15, -0.1) is 0 Å². The highest BCUT2D eigenvalue weighted by atomic mass is 16.5. The van der Waals surface area contributed by atoms with Gasteiger partial charge in [0.05, 0.1) is 20.3 Å². The average Bonchev–Trinajstić information content (AvgIpc) is 2.83. The van der Waals surface area contributed by atoms with Crippen LogP contribution in [0.2, 0.25) is 0 Å². The first-order valence-corrected chi connectivity index (χ1v) is 8.30. The van der Waals surface area contributed by atoms with Crippen molar-refractivity contribution in [1.29, 1.82) is 0 Å². The summed E-state index contributed by atoms with van der Waals surface area (Å²) in [7, 11) is 3.24. The van der Waals surface area contributed by atoms with Crippen LogP contribution in [-0.4, -0.2) is 62.8 Å². The third-order valence-corrected chi connectivity index (χ3v) is 4.94. The fraction of sp³-hybridized carbons (Fsp3) is 0.706. The van der Waals surface area contributed by atoms with Gasteiger partial charge in [0.25, 0.3) is 0 Å². The minimum Gasteiger partial charge on any atom is -0.490 e. The minimum atomic E-state index is -0.117. The first-order valence-electron chi connectivity index (χ1n) is 8.30. The van der Waals surface area contributed by atoms with Crippen LogP contribution in [0.15, 0.2) is 21.5 Å². The highest BCUT2D eigenvalue weighted by Crippen LogP contribution is 2.28. The smallest absolute Gasteiger partial charge is 0.227 e. The minimum absolute atomic E-state index is 0.117. The Morgan fingerprint density at radius 3 is 2.87 bits per heavy atom. The Labute approximate surface area is 137 Å². The zero-order valence-corrected chi connectivity index (χ0v) is 14.0. The largest absolute Gasteiger partial charge is 0.490 e. The Kier molecular flexibility index (Phi) is 5.35. The lowest BCUT2D eigenvalue weighted by Gasteiger charge is -2.35. The summed E-state index contributed by atoms with van der Waals surface area (Å²) in [5.74, 6) is 1.66. The van der Waals surface area contributed by atoms with Crippen LogP contribution in [0.3, 0.4) is 0 Å². The Morgan fingerprint density at radius 1 is 1.26 bits per heavy atom. The van der Waals surface area contributed by atoms with Crippen LogP contribution in [0.25, 0.3) is 0 Å². The molecule has 6 heteroatoms. The van der Waals surface area contributed by atoms with Crippen LogP contribution in [-0.2, 0) is 11.3 Å². The van der Waals surface area contributed by atoms with E-state index in [0.717, 1.165) is 32.8 Å². The second-order valence-corrected chi connectivity index (χ2v) is 6.56. The van der Waals surface area contributed by atoms with E-state index in [1.165, 1.54) is 26.2 Å². The number of nitrogens with zero attached hydrogens (tertiary/aromatic N) is 2. The predicted octanol–water partition coefficient (Wildman–Crippen LogP) is 1.19. The number of fused-ring (bicyclic) bond motifs is 4. The van der Waals surface area contributed by atoms with Gasteiger partial charge in [0.15, 0.2) is 0 Å². The highest BCUT2D eigenvalue weighted by molar-refractivity contribution is 5.17. The van der Waals surface area contributed by atoms with E-state index >= 15 is 0 Å². The van der Waals surface area contributed by atoms with Crippen LogP contribution in [0.4, 0.5) is 0 Å². The van der Waals surface area contributed by atoms with Gasteiger partial charge in [-0.25, -0.2) is 0 Å². The van der Waals surface area contributed by atoms with E-state index in [-0.39, 0.29) is 11.2 Å². The van der Waals surface area contributed by atoms with Crippen LogP contribution < -0.4 is 10.2 Å². The topological polar surface area (TPSA) is 55.2 Å². The molecule has 2 atom stereocenters. The Hall–Kier alpha value is -1.37. The normalized spacial score (nSPS) is 25.5. The molecule has 0 unspecified atom stereocenters.